The second-order valence-corrected chi connectivity index (χ2v) is 8.02. The fourth-order valence-corrected chi connectivity index (χ4v) is 2.88. The Labute approximate surface area is 167 Å². The van der Waals surface area contributed by atoms with Gasteiger partial charge in [0.2, 0.25) is 0 Å². The van der Waals surface area contributed by atoms with Crippen LogP contribution < -0.4 is 5.32 Å². The molecule has 3 amide bonds. The average Bonchev–Trinajstić information content (AvgIpc) is 2.66. The Bertz CT molecular complexity index is 752. The predicted molar refractivity (Wildman–Crippen MR) is 113 cm³/mol. The molecule has 0 bridgehead atoms. The molecule has 0 aliphatic carbocycles. The first-order valence-corrected chi connectivity index (χ1v) is 9.64. The van der Waals surface area contributed by atoms with E-state index < -0.39 is 11.9 Å². The third-order valence-electron chi connectivity index (χ3n) is 4.39. The minimum atomic E-state index is -0.497. The van der Waals surface area contributed by atoms with Gasteiger partial charge in [-0.3, -0.25) is 4.79 Å². The van der Waals surface area contributed by atoms with E-state index in [4.69, 9.17) is 0 Å². The van der Waals surface area contributed by atoms with E-state index in [1.807, 2.05) is 30.3 Å². The van der Waals surface area contributed by atoms with Crippen LogP contribution in [0.3, 0.4) is 0 Å². The fraction of sp³-hybridized carbons (Fsp3) is 0.364. The zero-order valence-corrected chi connectivity index (χ0v) is 17.1. The maximum Gasteiger partial charge on any atom is 0.334 e. The van der Waals surface area contributed by atoms with Crippen molar-refractivity contribution in [1.29, 1.82) is 0 Å². The lowest BCUT2D eigenvalue weighted by Crippen LogP contribution is -2.38. The maximum absolute atomic E-state index is 12.4. The predicted octanol–water partition coefficient (Wildman–Crippen LogP) is 5.00. The summed E-state index contributed by atoms with van der Waals surface area (Å²) in [5.41, 5.74) is 2.87. The minimum absolute atomic E-state index is 0.0132. The molecule has 4 nitrogen and oxygen atoms in total. The van der Waals surface area contributed by atoms with Gasteiger partial charge in [0.15, 0.2) is 0 Å². The number of thiol groups is 1. The molecule has 0 aliphatic heterocycles. The van der Waals surface area contributed by atoms with Crippen LogP contribution in [0.5, 0.6) is 0 Å². The molecule has 144 valence electrons. The SMILES string of the molecule is CC(C)(C)c1ccc(C(=O)N(S)C(=O)NCCCCc2ccccc2)cc1. The van der Waals surface area contributed by atoms with Crippen LogP contribution in [0.4, 0.5) is 4.79 Å². The first-order valence-electron chi connectivity index (χ1n) is 9.24. The fourth-order valence-electron chi connectivity index (χ4n) is 2.70. The highest BCUT2D eigenvalue weighted by Gasteiger charge is 2.20. The molecule has 1 N–H and O–H groups in total. The quantitative estimate of drug-likeness (QED) is 0.544. The number of urea groups is 1. The summed E-state index contributed by atoms with van der Waals surface area (Å²) in [7, 11) is 0. The topological polar surface area (TPSA) is 49.4 Å². The molecule has 0 saturated heterocycles. The highest BCUT2D eigenvalue weighted by molar-refractivity contribution is 7.79. The standard InChI is InChI=1S/C22H28N2O2S/c1-22(2,3)19-14-12-18(13-15-19)20(25)24(27)21(26)23-16-8-7-11-17-9-5-4-6-10-17/h4-6,9-10,12-15,27H,7-8,11,16H2,1-3H3,(H,23,26). The normalized spacial score (nSPS) is 11.1. The molecule has 0 fully saturated rings. The largest absolute Gasteiger partial charge is 0.337 e. The molecule has 2 rings (SSSR count). The first kappa shape index (κ1) is 21.0. The van der Waals surface area contributed by atoms with Gasteiger partial charge in [0, 0.05) is 12.1 Å². The Kier molecular flexibility index (Phi) is 7.48. The highest BCUT2D eigenvalue weighted by Crippen LogP contribution is 2.22. The van der Waals surface area contributed by atoms with Gasteiger partial charge in [-0.1, -0.05) is 76.1 Å². The smallest absolute Gasteiger partial charge is 0.334 e. The van der Waals surface area contributed by atoms with Crippen LogP contribution >= 0.6 is 12.8 Å². The number of hydrogen-bond donors (Lipinski definition) is 2. The minimum Gasteiger partial charge on any atom is -0.337 e. The Morgan fingerprint density at radius 1 is 0.963 bits per heavy atom. The Morgan fingerprint density at radius 3 is 2.19 bits per heavy atom. The van der Waals surface area contributed by atoms with Crippen LogP contribution in [-0.4, -0.2) is 22.8 Å². The number of nitrogens with one attached hydrogen (secondary N) is 1. The number of amides is 3. The number of benzene rings is 2. The van der Waals surface area contributed by atoms with Crippen molar-refractivity contribution >= 4 is 24.8 Å². The van der Waals surface area contributed by atoms with E-state index in [-0.39, 0.29) is 5.41 Å². The zero-order valence-electron chi connectivity index (χ0n) is 16.2. The number of rotatable bonds is 6. The second-order valence-electron chi connectivity index (χ2n) is 7.62. The summed E-state index contributed by atoms with van der Waals surface area (Å²) >= 11 is 4.07. The van der Waals surface area contributed by atoms with E-state index in [0.29, 0.717) is 12.1 Å². The molecule has 0 atom stereocenters. The second kappa shape index (κ2) is 9.60. The Hall–Kier alpha value is -2.27. The van der Waals surface area contributed by atoms with Crippen LogP contribution in [-0.2, 0) is 11.8 Å². The molecule has 0 spiro atoms. The third kappa shape index (κ3) is 6.43. The third-order valence-corrected chi connectivity index (χ3v) is 4.76. The van der Waals surface area contributed by atoms with Crippen LogP contribution in [0.15, 0.2) is 54.6 Å². The van der Waals surface area contributed by atoms with E-state index in [0.717, 1.165) is 29.1 Å². The molecule has 0 saturated carbocycles. The first-order chi connectivity index (χ1) is 12.8. The zero-order chi connectivity index (χ0) is 19.9. The lowest BCUT2D eigenvalue weighted by atomic mass is 9.87. The van der Waals surface area contributed by atoms with Gasteiger partial charge in [-0.2, -0.15) is 0 Å². The lowest BCUT2D eigenvalue weighted by Gasteiger charge is -2.20. The lowest BCUT2D eigenvalue weighted by molar-refractivity contribution is 0.0895. The van der Waals surface area contributed by atoms with Crippen molar-refractivity contribution in [2.45, 2.75) is 45.4 Å². The summed E-state index contributed by atoms with van der Waals surface area (Å²) in [5, 5.41) is 2.74. The van der Waals surface area contributed by atoms with Gasteiger partial charge in [0.05, 0.1) is 0 Å². The number of imide groups is 1. The molecule has 2 aromatic carbocycles. The van der Waals surface area contributed by atoms with Gasteiger partial charge in [0.25, 0.3) is 5.91 Å². The summed E-state index contributed by atoms with van der Waals surface area (Å²) < 4.78 is 0.837. The van der Waals surface area contributed by atoms with E-state index in [1.54, 1.807) is 12.1 Å². The molecular formula is C22H28N2O2S. The van der Waals surface area contributed by atoms with Gasteiger partial charge in [-0.05, 0) is 47.9 Å². The van der Waals surface area contributed by atoms with E-state index in [1.165, 1.54) is 5.56 Å². The van der Waals surface area contributed by atoms with Crippen molar-refractivity contribution in [3.05, 3.63) is 71.3 Å². The summed E-state index contributed by atoms with van der Waals surface area (Å²) in [6.07, 6.45) is 2.79. The summed E-state index contributed by atoms with van der Waals surface area (Å²) in [5.74, 6) is -0.430. The van der Waals surface area contributed by atoms with Gasteiger partial charge >= 0.3 is 6.03 Å². The van der Waals surface area contributed by atoms with Crippen LogP contribution in [0.25, 0.3) is 0 Å². The van der Waals surface area contributed by atoms with Crippen LogP contribution in [0.1, 0.15) is 55.1 Å². The molecule has 5 heteroatoms. The van der Waals surface area contributed by atoms with E-state index in [9.17, 15) is 9.59 Å². The van der Waals surface area contributed by atoms with Gasteiger partial charge < -0.3 is 5.32 Å². The van der Waals surface area contributed by atoms with Gasteiger partial charge in [-0.15, -0.1) is 0 Å². The van der Waals surface area contributed by atoms with Crippen molar-refractivity contribution in [2.75, 3.05) is 6.54 Å². The van der Waals surface area contributed by atoms with E-state index >= 15 is 0 Å². The van der Waals surface area contributed by atoms with Crippen LogP contribution in [0, 0.1) is 0 Å². The Morgan fingerprint density at radius 2 is 1.59 bits per heavy atom. The molecule has 0 aliphatic rings. The number of aryl methyl sites for hydroxylation is 1. The van der Waals surface area contributed by atoms with Crippen molar-refractivity contribution in [3.63, 3.8) is 0 Å². The van der Waals surface area contributed by atoms with Crippen molar-refractivity contribution in [2.24, 2.45) is 0 Å². The monoisotopic (exact) mass is 384 g/mol. The van der Waals surface area contributed by atoms with Crippen LogP contribution in [0.2, 0.25) is 0 Å². The van der Waals surface area contributed by atoms with Gasteiger partial charge in [-0.25, -0.2) is 9.10 Å². The number of carbonyl (C=O) groups excluding carboxylic acids is 2. The number of unbranched alkanes of at least 4 members (excludes halogenated alkanes) is 1. The number of hydrogen-bond acceptors (Lipinski definition) is 3. The molecular weight excluding hydrogens is 356 g/mol. The molecule has 27 heavy (non-hydrogen) atoms. The maximum atomic E-state index is 12.4. The van der Waals surface area contributed by atoms with Gasteiger partial charge in [0.1, 0.15) is 0 Å². The molecule has 2 aromatic rings. The molecule has 0 radical (unpaired) electrons. The number of carbonyl (C=O) groups is 2. The summed E-state index contributed by atoms with van der Waals surface area (Å²) in [6, 6.07) is 17.0. The average molecular weight is 385 g/mol. The molecule has 0 unspecified atom stereocenters. The van der Waals surface area contributed by atoms with Crippen molar-refractivity contribution in [3.8, 4) is 0 Å². The molecule has 0 aromatic heterocycles. The summed E-state index contributed by atoms with van der Waals surface area (Å²) in [6.45, 7) is 6.85. The molecule has 0 heterocycles. The van der Waals surface area contributed by atoms with Crippen molar-refractivity contribution < 1.29 is 9.59 Å². The van der Waals surface area contributed by atoms with Crippen molar-refractivity contribution in [1.82, 2.24) is 9.62 Å². The highest BCUT2D eigenvalue weighted by atomic mass is 32.1. The summed E-state index contributed by atoms with van der Waals surface area (Å²) in [4.78, 5) is 24.5. The Balaban J connectivity index is 1.77. The number of nitrogens with zero attached hydrogens (tertiary/aromatic N) is 1. The van der Waals surface area contributed by atoms with E-state index in [2.05, 4.69) is 51.0 Å².